The van der Waals surface area contributed by atoms with Crippen molar-refractivity contribution in [2.45, 2.75) is 51.4 Å². The molecule has 2 atom stereocenters. The van der Waals surface area contributed by atoms with Crippen molar-refractivity contribution in [2.24, 2.45) is 5.73 Å². The van der Waals surface area contributed by atoms with Crippen molar-refractivity contribution in [3.63, 3.8) is 0 Å². The SMILES string of the molecule is CC.CC1(c2ccccc2)Cc2cc(F)c(Cl)c3c2C1C=C(N)c1ccc(CCCS)c(F)c1-3. The van der Waals surface area contributed by atoms with Crippen LogP contribution in [0.1, 0.15) is 60.9 Å². The summed E-state index contributed by atoms with van der Waals surface area (Å²) in [6.45, 7) is 6.16. The van der Waals surface area contributed by atoms with Crippen LogP contribution in [0.25, 0.3) is 16.8 Å². The van der Waals surface area contributed by atoms with Gasteiger partial charge in [0.15, 0.2) is 0 Å². The number of aryl methyl sites for hydroxylation is 1. The highest BCUT2D eigenvalue weighted by Gasteiger charge is 2.46. The molecule has 34 heavy (non-hydrogen) atoms. The van der Waals surface area contributed by atoms with Gasteiger partial charge >= 0.3 is 0 Å². The lowest BCUT2D eigenvalue weighted by Crippen LogP contribution is -2.26. The summed E-state index contributed by atoms with van der Waals surface area (Å²) in [5, 5.41) is -0.0411. The lowest BCUT2D eigenvalue weighted by Gasteiger charge is -2.31. The number of hydrogen-bond acceptors (Lipinski definition) is 2. The number of nitrogens with two attached hydrogens (primary N) is 1. The second-order valence-corrected chi connectivity index (χ2v) is 9.79. The van der Waals surface area contributed by atoms with Gasteiger partial charge in [0.2, 0.25) is 0 Å². The van der Waals surface area contributed by atoms with Crippen LogP contribution in [-0.4, -0.2) is 5.75 Å². The van der Waals surface area contributed by atoms with Crippen LogP contribution in [0.4, 0.5) is 8.78 Å². The number of halogens is 3. The van der Waals surface area contributed by atoms with Gasteiger partial charge in [0.25, 0.3) is 0 Å². The highest BCUT2D eigenvalue weighted by molar-refractivity contribution is 7.80. The molecule has 5 heteroatoms. The van der Waals surface area contributed by atoms with Gasteiger partial charge in [0, 0.05) is 33.7 Å². The van der Waals surface area contributed by atoms with E-state index in [2.05, 4.69) is 31.7 Å². The molecular weight excluding hydrogens is 468 g/mol. The van der Waals surface area contributed by atoms with E-state index in [0.717, 1.165) is 23.1 Å². The topological polar surface area (TPSA) is 26.0 Å². The molecule has 2 aliphatic carbocycles. The second kappa shape index (κ2) is 9.75. The number of benzene rings is 3. The molecule has 0 aliphatic heterocycles. The van der Waals surface area contributed by atoms with Gasteiger partial charge in [-0.3, -0.25) is 0 Å². The van der Waals surface area contributed by atoms with Crippen molar-refractivity contribution in [3.05, 3.63) is 99.1 Å². The molecule has 3 aromatic rings. The van der Waals surface area contributed by atoms with E-state index in [0.29, 0.717) is 46.5 Å². The Morgan fingerprint density at radius 3 is 2.47 bits per heavy atom. The average Bonchev–Trinajstić information content (AvgIpc) is 3.04. The maximum atomic E-state index is 15.9. The van der Waals surface area contributed by atoms with Crippen LogP contribution in [0, 0.1) is 11.6 Å². The first-order valence-corrected chi connectivity index (χ1v) is 12.8. The summed E-state index contributed by atoms with van der Waals surface area (Å²) in [6.07, 6.45) is 3.92. The van der Waals surface area contributed by atoms with Gasteiger partial charge in [-0.15, -0.1) is 0 Å². The minimum Gasteiger partial charge on any atom is -0.398 e. The number of thiol groups is 1. The Morgan fingerprint density at radius 1 is 1.09 bits per heavy atom. The molecule has 3 aromatic carbocycles. The Hall–Kier alpha value is -2.30. The van der Waals surface area contributed by atoms with Crippen LogP contribution in [0.3, 0.4) is 0 Å². The van der Waals surface area contributed by atoms with Gasteiger partial charge in [0.05, 0.1) is 5.02 Å². The molecule has 0 spiro atoms. The summed E-state index contributed by atoms with van der Waals surface area (Å²) in [7, 11) is 0. The molecule has 0 heterocycles. The van der Waals surface area contributed by atoms with Crippen LogP contribution in [0.2, 0.25) is 5.02 Å². The largest absolute Gasteiger partial charge is 0.398 e. The molecule has 0 aromatic heterocycles. The third-order valence-electron chi connectivity index (χ3n) is 7.07. The molecule has 0 saturated heterocycles. The Bertz CT molecular complexity index is 1250. The van der Waals surface area contributed by atoms with Crippen molar-refractivity contribution in [3.8, 4) is 11.1 Å². The van der Waals surface area contributed by atoms with Crippen LogP contribution in [-0.2, 0) is 18.3 Å². The molecule has 2 aliphatic rings. The molecule has 0 fully saturated rings. The van der Waals surface area contributed by atoms with E-state index in [9.17, 15) is 0 Å². The predicted molar refractivity (Wildman–Crippen MR) is 143 cm³/mol. The predicted octanol–water partition coefficient (Wildman–Crippen LogP) is 8.08. The monoisotopic (exact) mass is 497 g/mol. The standard InChI is InChI=1S/C27H24ClF2NS.C2H6/c1-27(17-7-3-2-4-8-17)14-16-12-20(29)25(28)24-22(16)19(27)13-21(31)18-10-9-15(6-5-11-32)26(30)23(18)24;1-2/h2-4,7-10,12-13,19,32H,5-6,11,14,31H2,1H3;1-2H3. The van der Waals surface area contributed by atoms with Crippen molar-refractivity contribution in [1.29, 1.82) is 0 Å². The van der Waals surface area contributed by atoms with Crippen LogP contribution in [0.5, 0.6) is 0 Å². The molecule has 0 amide bonds. The summed E-state index contributed by atoms with van der Waals surface area (Å²) < 4.78 is 31.0. The highest BCUT2D eigenvalue weighted by Crippen LogP contribution is 2.57. The zero-order valence-electron chi connectivity index (χ0n) is 19.8. The van der Waals surface area contributed by atoms with E-state index in [-0.39, 0.29) is 22.2 Å². The van der Waals surface area contributed by atoms with Gasteiger partial charge in [0.1, 0.15) is 11.6 Å². The quantitative estimate of drug-likeness (QED) is 0.350. The van der Waals surface area contributed by atoms with Crippen molar-refractivity contribution >= 4 is 29.9 Å². The maximum Gasteiger partial charge on any atom is 0.142 e. The van der Waals surface area contributed by atoms with Crippen molar-refractivity contribution in [1.82, 2.24) is 0 Å². The molecule has 2 unspecified atom stereocenters. The van der Waals surface area contributed by atoms with Crippen molar-refractivity contribution < 1.29 is 8.78 Å². The molecule has 178 valence electrons. The first kappa shape index (κ1) is 24.8. The maximum absolute atomic E-state index is 15.9. The normalized spacial score (nSPS) is 20.0. The molecular formula is C29H30ClF2NS. The second-order valence-electron chi connectivity index (χ2n) is 8.97. The summed E-state index contributed by atoms with van der Waals surface area (Å²) in [5.74, 6) is -0.389. The molecule has 0 saturated carbocycles. The average molecular weight is 498 g/mol. The molecule has 2 N–H and O–H groups in total. The van der Waals surface area contributed by atoms with Crippen molar-refractivity contribution in [2.75, 3.05) is 5.75 Å². The first-order chi connectivity index (χ1) is 16.4. The van der Waals surface area contributed by atoms with Gasteiger partial charge in [-0.05, 0) is 53.3 Å². The van der Waals surface area contributed by atoms with Crippen LogP contribution >= 0.6 is 24.2 Å². The Kier molecular flexibility index (Phi) is 7.12. The fraction of sp³-hybridized carbons (Fsp3) is 0.310. The third kappa shape index (κ3) is 3.85. The zero-order chi connectivity index (χ0) is 24.6. The Labute approximate surface area is 211 Å². The summed E-state index contributed by atoms with van der Waals surface area (Å²) in [5.41, 5.74) is 11.5. The van der Waals surface area contributed by atoms with E-state index in [1.807, 2.05) is 44.2 Å². The van der Waals surface area contributed by atoms with Crippen LogP contribution < -0.4 is 5.73 Å². The van der Waals surface area contributed by atoms with E-state index < -0.39 is 5.82 Å². The van der Waals surface area contributed by atoms with Gasteiger partial charge in [-0.25, -0.2) is 8.78 Å². The fourth-order valence-corrected chi connectivity index (χ4v) is 5.88. The summed E-state index contributed by atoms with van der Waals surface area (Å²) in [6, 6.07) is 15.3. The minimum atomic E-state index is -0.525. The molecule has 0 bridgehead atoms. The van der Waals surface area contributed by atoms with Gasteiger partial charge < -0.3 is 5.73 Å². The summed E-state index contributed by atoms with van der Waals surface area (Å²) >= 11 is 10.8. The smallest absolute Gasteiger partial charge is 0.142 e. The minimum absolute atomic E-state index is 0.0411. The highest BCUT2D eigenvalue weighted by atomic mass is 35.5. The van der Waals surface area contributed by atoms with E-state index >= 15 is 8.78 Å². The summed E-state index contributed by atoms with van der Waals surface area (Å²) in [4.78, 5) is 0. The number of hydrogen-bond donors (Lipinski definition) is 2. The molecule has 1 nitrogen and oxygen atoms in total. The third-order valence-corrected chi connectivity index (χ3v) is 7.75. The first-order valence-electron chi connectivity index (χ1n) is 11.8. The van der Waals surface area contributed by atoms with E-state index in [1.165, 1.54) is 6.07 Å². The Morgan fingerprint density at radius 2 is 1.79 bits per heavy atom. The van der Waals surface area contributed by atoms with E-state index in [1.54, 1.807) is 6.07 Å². The fourth-order valence-electron chi connectivity index (χ4n) is 5.47. The Balaban J connectivity index is 0.00000133. The zero-order valence-corrected chi connectivity index (χ0v) is 21.4. The van der Waals surface area contributed by atoms with Crippen LogP contribution in [0.15, 0.2) is 54.6 Å². The lowest BCUT2D eigenvalue weighted by atomic mass is 9.72. The lowest BCUT2D eigenvalue weighted by molar-refractivity contribution is 0.459. The number of rotatable bonds is 4. The van der Waals surface area contributed by atoms with Gasteiger partial charge in [-0.2, -0.15) is 12.6 Å². The van der Waals surface area contributed by atoms with Gasteiger partial charge in [-0.1, -0.05) is 80.9 Å². The van der Waals surface area contributed by atoms with E-state index in [4.69, 9.17) is 17.3 Å². The molecule has 0 radical (unpaired) electrons. The number of allylic oxidation sites excluding steroid dienone is 1. The number of fused-ring (bicyclic) bond motifs is 2. The molecule has 5 rings (SSSR count).